The zero-order valence-corrected chi connectivity index (χ0v) is 13.6. The number of nitrogens with one attached hydrogen (secondary N) is 1. The number of thioether (sulfide) groups is 2. The molecule has 3 rings (SSSR count). The summed E-state index contributed by atoms with van der Waals surface area (Å²) in [6, 6.07) is 15.1. The van der Waals surface area contributed by atoms with E-state index in [9.17, 15) is 0 Å². The first kappa shape index (κ1) is 14.9. The standard InChI is InChI=1S/C17H20N2S2/c1-2-4-14(5-3-1)17(15-6-8-18-9-7-15)19-12-16-13-20-10-11-21-16/h1-9,16-17,19H,10-13H2. The summed E-state index contributed by atoms with van der Waals surface area (Å²) in [6.45, 7) is 1.06. The molecule has 2 aromatic rings. The van der Waals surface area contributed by atoms with Crippen LogP contribution in [0.15, 0.2) is 54.9 Å². The van der Waals surface area contributed by atoms with E-state index >= 15 is 0 Å². The third-order valence-corrected chi connectivity index (χ3v) is 6.45. The maximum absolute atomic E-state index is 4.14. The van der Waals surface area contributed by atoms with Gasteiger partial charge in [0.25, 0.3) is 0 Å². The SMILES string of the molecule is c1ccc(C(NCC2CSCCS2)c2ccncc2)cc1. The molecule has 2 unspecified atom stereocenters. The number of rotatable bonds is 5. The minimum absolute atomic E-state index is 0.252. The molecule has 110 valence electrons. The Morgan fingerprint density at radius 2 is 1.81 bits per heavy atom. The van der Waals surface area contributed by atoms with Gasteiger partial charge in [-0.1, -0.05) is 30.3 Å². The summed E-state index contributed by atoms with van der Waals surface area (Å²) in [5.41, 5.74) is 2.60. The summed E-state index contributed by atoms with van der Waals surface area (Å²) >= 11 is 4.18. The van der Waals surface area contributed by atoms with Gasteiger partial charge in [0.05, 0.1) is 6.04 Å². The zero-order chi connectivity index (χ0) is 14.3. The summed E-state index contributed by atoms with van der Waals surface area (Å²) in [5.74, 6) is 3.84. The molecule has 0 bridgehead atoms. The average Bonchev–Trinajstić information content (AvgIpc) is 2.58. The molecule has 2 nitrogen and oxygen atoms in total. The van der Waals surface area contributed by atoms with Gasteiger partial charge in [-0.25, -0.2) is 0 Å². The van der Waals surface area contributed by atoms with E-state index in [1.807, 2.05) is 12.4 Å². The highest BCUT2D eigenvalue weighted by Crippen LogP contribution is 2.26. The predicted octanol–water partition coefficient (Wildman–Crippen LogP) is 3.61. The second-order valence-electron chi connectivity index (χ2n) is 5.10. The maximum Gasteiger partial charge on any atom is 0.0578 e. The number of pyridine rings is 1. The van der Waals surface area contributed by atoms with Gasteiger partial charge in [0.2, 0.25) is 0 Å². The molecule has 1 aliphatic heterocycles. The van der Waals surface area contributed by atoms with Crippen molar-refractivity contribution < 1.29 is 0 Å². The molecule has 1 saturated heterocycles. The van der Waals surface area contributed by atoms with E-state index in [0.717, 1.165) is 11.8 Å². The lowest BCUT2D eigenvalue weighted by atomic mass is 9.99. The van der Waals surface area contributed by atoms with Crippen molar-refractivity contribution >= 4 is 23.5 Å². The topological polar surface area (TPSA) is 24.9 Å². The molecule has 1 aromatic carbocycles. The highest BCUT2D eigenvalue weighted by Gasteiger charge is 2.18. The van der Waals surface area contributed by atoms with Crippen molar-refractivity contribution in [2.45, 2.75) is 11.3 Å². The van der Waals surface area contributed by atoms with Crippen LogP contribution in [0, 0.1) is 0 Å². The van der Waals surface area contributed by atoms with Crippen LogP contribution >= 0.6 is 23.5 Å². The molecule has 1 fully saturated rings. The van der Waals surface area contributed by atoms with E-state index in [1.54, 1.807) is 0 Å². The summed E-state index contributed by atoms with van der Waals surface area (Å²) in [6.07, 6.45) is 3.75. The Labute approximate surface area is 135 Å². The second kappa shape index (κ2) is 7.87. The first-order chi connectivity index (χ1) is 10.4. The zero-order valence-electron chi connectivity index (χ0n) is 11.9. The van der Waals surface area contributed by atoms with E-state index in [4.69, 9.17) is 0 Å². The maximum atomic E-state index is 4.14. The molecule has 1 aromatic heterocycles. The van der Waals surface area contributed by atoms with Crippen LogP contribution in [0.2, 0.25) is 0 Å². The van der Waals surface area contributed by atoms with Gasteiger partial charge in [0.15, 0.2) is 0 Å². The Kier molecular flexibility index (Phi) is 5.60. The fourth-order valence-corrected chi connectivity index (χ4v) is 5.16. The van der Waals surface area contributed by atoms with Gasteiger partial charge in [-0.15, -0.1) is 0 Å². The third-order valence-electron chi connectivity index (χ3n) is 3.61. The van der Waals surface area contributed by atoms with Crippen LogP contribution in [0.1, 0.15) is 17.2 Å². The van der Waals surface area contributed by atoms with E-state index in [2.05, 4.69) is 76.3 Å². The molecular weight excluding hydrogens is 296 g/mol. The quantitative estimate of drug-likeness (QED) is 0.911. The van der Waals surface area contributed by atoms with Crippen LogP contribution in [-0.2, 0) is 0 Å². The Hall–Kier alpha value is -0.970. The minimum Gasteiger partial charge on any atom is -0.305 e. The molecule has 0 saturated carbocycles. The van der Waals surface area contributed by atoms with Crippen molar-refractivity contribution in [1.82, 2.24) is 10.3 Å². The first-order valence-corrected chi connectivity index (χ1v) is 9.51. The summed E-state index contributed by atoms with van der Waals surface area (Å²) < 4.78 is 0. The van der Waals surface area contributed by atoms with Gasteiger partial charge in [0.1, 0.15) is 0 Å². The summed E-state index contributed by atoms with van der Waals surface area (Å²) in [7, 11) is 0. The Bertz CT molecular complexity index is 488. The van der Waals surface area contributed by atoms with E-state index in [0.29, 0.717) is 0 Å². The van der Waals surface area contributed by atoms with E-state index in [1.165, 1.54) is 28.4 Å². The number of hydrogen-bond acceptors (Lipinski definition) is 4. The van der Waals surface area contributed by atoms with Crippen LogP contribution in [0.5, 0.6) is 0 Å². The van der Waals surface area contributed by atoms with Crippen molar-refractivity contribution in [1.29, 1.82) is 0 Å². The van der Waals surface area contributed by atoms with E-state index < -0.39 is 0 Å². The molecular formula is C17H20N2S2. The monoisotopic (exact) mass is 316 g/mol. The van der Waals surface area contributed by atoms with Gasteiger partial charge in [-0.05, 0) is 23.3 Å². The lowest BCUT2D eigenvalue weighted by Crippen LogP contribution is -2.32. The highest BCUT2D eigenvalue weighted by atomic mass is 32.2. The van der Waals surface area contributed by atoms with E-state index in [-0.39, 0.29) is 6.04 Å². The normalized spacial score (nSPS) is 20.1. The van der Waals surface area contributed by atoms with Crippen LogP contribution < -0.4 is 5.32 Å². The molecule has 1 N–H and O–H groups in total. The van der Waals surface area contributed by atoms with Crippen molar-refractivity contribution in [2.75, 3.05) is 23.8 Å². The molecule has 0 radical (unpaired) electrons. The van der Waals surface area contributed by atoms with Gasteiger partial charge >= 0.3 is 0 Å². The number of hydrogen-bond donors (Lipinski definition) is 1. The fourth-order valence-electron chi connectivity index (χ4n) is 2.53. The molecule has 0 amide bonds. The molecule has 21 heavy (non-hydrogen) atoms. The largest absolute Gasteiger partial charge is 0.305 e. The minimum atomic E-state index is 0.252. The van der Waals surface area contributed by atoms with Crippen molar-refractivity contribution in [2.24, 2.45) is 0 Å². The Morgan fingerprint density at radius 3 is 2.52 bits per heavy atom. The lowest BCUT2D eigenvalue weighted by molar-refractivity contribution is 0.605. The van der Waals surface area contributed by atoms with Crippen LogP contribution in [-0.4, -0.2) is 34.0 Å². The molecule has 2 heterocycles. The predicted molar refractivity (Wildman–Crippen MR) is 94.1 cm³/mol. The molecule has 2 atom stereocenters. The number of benzene rings is 1. The van der Waals surface area contributed by atoms with Gasteiger partial charge in [0, 0.05) is 41.4 Å². The molecule has 0 aliphatic carbocycles. The second-order valence-corrected chi connectivity index (χ2v) is 7.66. The van der Waals surface area contributed by atoms with Crippen molar-refractivity contribution in [3.8, 4) is 0 Å². The highest BCUT2D eigenvalue weighted by molar-refractivity contribution is 8.06. The fraction of sp³-hybridized carbons (Fsp3) is 0.353. The Morgan fingerprint density at radius 1 is 1.05 bits per heavy atom. The molecule has 4 heteroatoms. The first-order valence-electron chi connectivity index (χ1n) is 7.31. The Balaban J connectivity index is 1.73. The smallest absolute Gasteiger partial charge is 0.0578 e. The molecule has 0 spiro atoms. The van der Waals surface area contributed by atoms with Crippen LogP contribution in [0.25, 0.3) is 0 Å². The van der Waals surface area contributed by atoms with Crippen molar-refractivity contribution in [3.05, 3.63) is 66.0 Å². The van der Waals surface area contributed by atoms with Gasteiger partial charge in [-0.3, -0.25) is 4.98 Å². The lowest BCUT2D eigenvalue weighted by Gasteiger charge is -2.25. The van der Waals surface area contributed by atoms with Crippen molar-refractivity contribution in [3.63, 3.8) is 0 Å². The van der Waals surface area contributed by atoms with Crippen LogP contribution in [0.3, 0.4) is 0 Å². The summed E-state index contributed by atoms with van der Waals surface area (Å²) in [5, 5.41) is 4.48. The number of nitrogens with zero attached hydrogens (tertiary/aromatic N) is 1. The van der Waals surface area contributed by atoms with Crippen LogP contribution in [0.4, 0.5) is 0 Å². The van der Waals surface area contributed by atoms with Gasteiger partial charge < -0.3 is 5.32 Å². The number of aromatic nitrogens is 1. The molecule has 1 aliphatic rings. The average molecular weight is 316 g/mol. The third kappa shape index (κ3) is 4.25. The summed E-state index contributed by atoms with van der Waals surface area (Å²) in [4.78, 5) is 4.14. The van der Waals surface area contributed by atoms with Gasteiger partial charge in [-0.2, -0.15) is 23.5 Å².